The van der Waals surface area contributed by atoms with Crippen molar-refractivity contribution >= 4 is 5.69 Å². The van der Waals surface area contributed by atoms with E-state index in [0.717, 1.165) is 0 Å². The summed E-state index contributed by atoms with van der Waals surface area (Å²) in [5.41, 5.74) is 6.56. The Morgan fingerprint density at radius 1 is 1.07 bits per heavy atom. The molecule has 0 aliphatic heterocycles. The molecule has 14 heavy (non-hydrogen) atoms. The zero-order valence-corrected chi connectivity index (χ0v) is 7.38. The van der Waals surface area contributed by atoms with E-state index in [0.29, 0.717) is 17.1 Å². The fourth-order valence-electron chi connectivity index (χ4n) is 1.14. The van der Waals surface area contributed by atoms with E-state index in [1.54, 1.807) is 18.2 Å². The maximum atomic E-state index is 9.52. The predicted octanol–water partition coefficient (Wildman–Crippen LogP) is 1.43. The molecule has 4 nitrogen and oxygen atoms in total. The quantitative estimate of drug-likeness (QED) is 0.708. The first-order valence-corrected chi connectivity index (χ1v) is 4.13. The normalized spacial score (nSPS) is 10.0. The zero-order valence-electron chi connectivity index (χ0n) is 7.38. The van der Waals surface area contributed by atoms with Crippen LogP contribution in [0.25, 0.3) is 11.4 Å². The monoisotopic (exact) mass is 187 g/mol. The number of nitrogens with two attached hydrogens (primary N) is 1. The molecule has 3 N–H and O–H groups in total. The lowest BCUT2D eigenvalue weighted by atomic mass is 10.2. The van der Waals surface area contributed by atoms with Gasteiger partial charge in [-0.25, -0.2) is 9.97 Å². The van der Waals surface area contributed by atoms with Crippen LogP contribution in [0.15, 0.2) is 36.7 Å². The Balaban J connectivity index is 2.50. The minimum Gasteiger partial charge on any atom is -0.507 e. The number of nitrogen functional groups attached to an aromatic ring is 1. The van der Waals surface area contributed by atoms with Crippen LogP contribution in [0.2, 0.25) is 0 Å². The number of hydrogen-bond acceptors (Lipinski definition) is 4. The van der Waals surface area contributed by atoms with Crippen molar-refractivity contribution < 1.29 is 5.11 Å². The molecule has 0 unspecified atom stereocenters. The van der Waals surface area contributed by atoms with Crippen molar-refractivity contribution in [3.05, 3.63) is 36.7 Å². The molecule has 70 valence electrons. The molecule has 4 heteroatoms. The van der Waals surface area contributed by atoms with Crippen LogP contribution in [0.1, 0.15) is 0 Å². The largest absolute Gasteiger partial charge is 0.507 e. The summed E-state index contributed by atoms with van der Waals surface area (Å²) in [6, 6.07) is 6.90. The summed E-state index contributed by atoms with van der Waals surface area (Å²) in [4.78, 5) is 8.03. The summed E-state index contributed by atoms with van der Waals surface area (Å²) in [5.74, 6) is 0.634. The molecular weight excluding hydrogens is 178 g/mol. The van der Waals surface area contributed by atoms with Gasteiger partial charge < -0.3 is 10.8 Å². The van der Waals surface area contributed by atoms with Crippen LogP contribution in [0, 0.1) is 0 Å². The fraction of sp³-hybridized carbons (Fsp3) is 0. The molecule has 0 aliphatic carbocycles. The molecule has 0 saturated carbocycles. The number of phenolic OH excluding ortho intramolecular Hbond substituents is 1. The number of aromatic hydroxyl groups is 1. The average Bonchev–Trinajstić information content (AvgIpc) is 2.20. The molecule has 0 saturated heterocycles. The highest BCUT2D eigenvalue weighted by Crippen LogP contribution is 2.25. The van der Waals surface area contributed by atoms with Gasteiger partial charge in [0.15, 0.2) is 5.82 Å². The Morgan fingerprint density at radius 3 is 2.36 bits per heavy atom. The van der Waals surface area contributed by atoms with Gasteiger partial charge >= 0.3 is 0 Å². The lowest BCUT2D eigenvalue weighted by Crippen LogP contribution is -1.92. The number of phenols is 1. The fourth-order valence-corrected chi connectivity index (χ4v) is 1.14. The molecule has 0 spiro atoms. The molecule has 2 rings (SSSR count). The summed E-state index contributed by atoms with van der Waals surface area (Å²) in [7, 11) is 0. The summed E-state index contributed by atoms with van der Waals surface area (Å²) in [6.07, 6.45) is 3.02. The van der Waals surface area contributed by atoms with Gasteiger partial charge in [-0.1, -0.05) is 12.1 Å². The van der Waals surface area contributed by atoms with Crippen LogP contribution in [0.5, 0.6) is 5.75 Å². The SMILES string of the molecule is Nc1cnc(-c2ccccc2O)nc1. The first kappa shape index (κ1) is 8.50. The van der Waals surface area contributed by atoms with Gasteiger partial charge in [-0.05, 0) is 12.1 Å². The summed E-state index contributed by atoms with van der Waals surface area (Å²) in [6.45, 7) is 0. The number of aromatic nitrogens is 2. The van der Waals surface area contributed by atoms with E-state index in [2.05, 4.69) is 9.97 Å². The van der Waals surface area contributed by atoms with Gasteiger partial charge in [0, 0.05) is 0 Å². The van der Waals surface area contributed by atoms with E-state index in [4.69, 9.17) is 5.73 Å². The lowest BCUT2D eigenvalue weighted by Gasteiger charge is -2.01. The Labute approximate surface area is 81.1 Å². The molecule has 0 atom stereocenters. The topological polar surface area (TPSA) is 72.0 Å². The van der Waals surface area contributed by atoms with Crippen LogP contribution < -0.4 is 5.73 Å². The molecule has 0 bridgehead atoms. The predicted molar refractivity (Wildman–Crippen MR) is 53.5 cm³/mol. The Kier molecular flexibility index (Phi) is 2.02. The van der Waals surface area contributed by atoms with Gasteiger partial charge in [-0.3, -0.25) is 0 Å². The van der Waals surface area contributed by atoms with Crippen molar-refractivity contribution in [3.63, 3.8) is 0 Å². The Hall–Kier alpha value is -2.10. The van der Waals surface area contributed by atoms with E-state index in [1.165, 1.54) is 12.4 Å². The molecular formula is C10H9N3O. The number of rotatable bonds is 1. The van der Waals surface area contributed by atoms with E-state index in [1.807, 2.05) is 6.07 Å². The Morgan fingerprint density at radius 2 is 1.71 bits per heavy atom. The maximum absolute atomic E-state index is 9.52. The average molecular weight is 187 g/mol. The third kappa shape index (κ3) is 1.50. The molecule has 1 heterocycles. The molecule has 0 aliphatic rings. The van der Waals surface area contributed by atoms with Crippen LogP contribution in [0.4, 0.5) is 5.69 Å². The van der Waals surface area contributed by atoms with Crippen molar-refractivity contribution in [1.29, 1.82) is 0 Å². The highest BCUT2D eigenvalue weighted by atomic mass is 16.3. The molecule has 2 aromatic rings. The van der Waals surface area contributed by atoms with Crippen molar-refractivity contribution in [3.8, 4) is 17.1 Å². The first-order chi connectivity index (χ1) is 6.77. The van der Waals surface area contributed by atoms with Crippen molar-refractivity contribution in [2.24, 2.45) is 0 Å². The third-order valence-electron chi connectivity index (χ3n) is 1.82. The minimum absolute atomic E-state index is 0.164. The van der Waals surface area contributed by atoms with Gasteiger partial charge in [0.05, 0.1) is 23.6 Å². The zero-order chi connectivity index (χ0) is 9.97. The van der Waals surface area contributed by atoms with Crippen molar-refractivity contribution in [1.82, 2.24) is 9.97 Å². The number of benzene rings is 1. The van der Waals surface area contributed by atoms with Gasteiger partial charge in [-0.15, -0.1) is 0 Å². The number of nitrogens with zero attached hydrogens (tertiary/aromatic N) is 2. The summed E-state index contributed by atoms with van der Waals surface area (Å²) in [5, 5.41) is 9.52. The number of anilines is 1. The maximum Gasteiger partial charge on any atom is 0.163 e. The number of hydrogen-bond donors (Lipinski definition) is 2. The second kappa shape index (κ2) is 3.33. The highest BCUT2D eigenvalue weighted by Gasteiger charge is 2.04. The third-order valence-corrected chi connectivity index (χ3v) is 1.82. The molecule has 1 aromatic carbocycles. The second-order valence-electron chi connectivity index (χ2n) is 2.86. The molecule has 0 radical (unpaired) electrons. The van der Waals surface area contributed by atoms with E-state index >= 15 is 0 Å². The van der Waals surface area contributed by atoms with Crippen molar-refractivity contribution in [2.45, 2.75) is 0 Å². The Bertz CT molecular complexity index is 439. The lowest BCUT2D eigenvalue weighted by molar-refractivity contribution is 0.477. The second-order valence-corrected chi connectivity index (χ2v) is 2.86. The molecule has 0 fully saturated rings. The van der Waals surface area contributed by atoms with Gasteiger partial charge in [0.1, 0.15) is 5.75 Å². The molecule has 1 aromatic heterocycles. The highest BCUT2D eigenvalue weighted by molar-refractivity contribution is 5.63. The van der Waals surface area contributed by atoms with E-state index in [-0.39, 0.29) is 5.75 Å². The van der Waals surface area contributed by atoms with E-state index in [9.17, 15) is 5.11 Å². The number of para-hydroxylation sites is 1. The first-order valence-electron chi connectivity index (χ1n) is 4.13. The van der Waals surface area contributed by atoms with Crippen molar-refractivity contribution in [2.75, 3.05) is 5.73 Å². The van der Waals surface area contributed by atoms with Crippen LogP contribution in [-0.2, 0) is 0 Å². The van der Waals surface area contributed by atoms with Gasteiger partial charge in [0.2, 0.25) is 0 Å². The minimum atomic E-state index is 0.164. The van der Waals surface area contributed by atoms with Gasteiger partial charge in [-0.2, -0.15) is 0 Å². The summed E-state index contributed by atoms with van der Waals surface area (Å²) < 4.78 is 0. The van der Waals surface area contributed by atoms with Crippen LogP contribution >= 0.6 is 0 Å². The van der Waals surface area contributed by atoms with Gasteiger partial charge in [0.25, 0.3) is 0 Å². The van der Waals surface area contributed by atoms with E-state index < -0.39 is 0 Å². The molecule has 0 amide bonds. The summed E-state index contributed by atoms with van der Waals surface area (Å²) >= 11 is 0. The standard InChI is InChI=1S/C10H9N3O/c11-7-5-12-10(13-6-7)8-3-1-2-4-9(8)14/h1-6,14H,11H2. The van der Waals surface area contributed by atoms with Crippen LogP contribution in [-0.4, -0.2) is 15.1 Å². The smallest absolute Gasteiger partial charge is 0.163 e. The van der Waals surface area contributed by atoms with Crippen LogP contribution in [0.3, 0.4) is 0 Å².